The largest absolute Gasteiger partial charge is 0.379 e. The lowest BCUT2D eigenvalue weighted by molar-refractivity contribution is -0.127. The number of guanidine groups is 1. The van der Waals surface area contributed by atoms with Gasteiger partial charge >= 0.3 is 0 Å². The van der Waals surface area contributed by atoms with Gasteiger partial charge in [0.2, 0.25) is 5.91 Å². The monoisotopic (exact) mass is 525 g/mol. The summed E-state index contributed by atoms with van der Waals surface area (Å²) in [6.07, 6.45) is 7.35. The molecule has 0 atom stereocenters. The Morgan fingerprint density at radius 1 is 1.03 bits per heavy atom. The highest BCUT2D eigenvalue weighted by molar-refractivity contribution is 14.0. The average molecular weight is 526 g/mol. The lowest BCUT2D eigenvalue weighted by Gasteiger charge is -2.26. The van der Waals surface area contributed by atoms with E-state index in [0.717, 1.165) is 70.7 Å². The third-order valence-electron chi connectivity index (χ3n) is 4.92. The number of nitrogens with zero attached hydrogens (tertiary/aromatic N) is 3. The van der Waals surface area contributed by atoms with Crippen molar-refractivity contribution in [1.29, 1.82) is 0 Å². The fourth-order valence-corrected chi connectivity index (χ4v) is 3.03. The van der Waals surface area contributed by atoms with Crippen molar-refractivity contribution < 1.29 is 9.53 Å². The molecule has 1 rings (SSSR count). The van der Waals surface area contributed by atoms with E-state index in [4.69, 9.17) is 4.74 Å². The van der Waals surface area contributed by atoms with Crippen molar-refractivity contribution in [2.24, 2.45) is 10.9 Å². The van der Waals surface area contributed by atoms with E-state index in [1.165, 1.54) is 25.7 Å². The second kappa shape index (κ2) is 18.2. The van der Waals surface area contributed by atoms with E-state index in [1.807, 2.05) is 0 Å². The van der Waals surface area contributed by atoms with E-state index in [2.05, 4.69) is 34.4 Å². The summed E-state index contributed by atoms with van der Waals surface area (Å²) in [6.45, 7) is 11.3. The first-order valence-corrected chi connectivity index (χ1v) is 11.0. The van der Waals surface area contributed by atoms with Crippen molar-refractivity contribution >= 4 is 35.8 Å². The molecule has 172 valence electrons. The minimum atomic E-state index is 0. The first-order valence-electron chi connectivity index (χ1n) is 11.0. The molecular formula is C21H44IN5O2. The van der Waals surface area contributed by atoms with Gasteiger partial charge in [0.05, 0.1) is 13.2 Å². The maximum absolute atomic E-state index is 11.8. The van der Waals surface area contributed by atoms with Crippen LogP contribution in [0.25, 0.3) is 0 Å². The number of morpholine rings is 1. The summed E-state index contributed by atoms with van der Waals surface area (Å²) >= 11 is 0. The molecule has 1 amide bonds. The summed E-state index contributed by atoms with van der Waals surface area (Å²) in [5.41, 5.74) is 0. The van der Waals surface area contributed by atoms with E-state index >= 15 is 0 Å². The van der Waals surface area contributed by atoms with Crippen molar-refractivity contribution in [1.82, 2.24) is 20.4 Å². The van der Waals surface area contributed by atoms with E-state index in [0.29, 0.717) is 0 Å². The van der Waals surface area contributed by atoms with Gasteiger partial charge in [-0.1, -0.05) is 39.5 Å². The van der Waals surface area contributed by atoms with Gasteiger partial charge < -0.3 is 20.3 Å². The van der Waals surface area contributed by atoms with Gasteiger partial charge in [-0.2, -0.15) is 0 Å². The molecule has 0 radical (unpaired) electrons. The molecule has 0 aromatic rings. The van der Waals surface area contributed by atoms with Crippen LogP contribution in [0.3, 0.4) is 0 Å². The maximum atomic E-state index is 11.8. The number of carbonyl (C=O) groups excluding carboxylic acids is 1. The second-order valence-electron chi connectivity index (χ2n) is 8.21. The van der Waals surface area contributed by atoms with Crippen LogP contribution in [0.4, 0.5) is 0 Å². The molecule has 7 nitrogen and oxygen atoms in total. The number of likely N-dealkylation sites (N-methyl/N-ethyl adjacent to an activating group) is 1. The van der Waals surface area contributed by atoms with E-state index in [1.54, 1.807) is 19.0 Å². The molecule has 0 saturated carbocycles. The number of hydrogen-bond acceptors (Lipinski definition) is 4. The Bertz CT molecular complexity index is 441. The SMILES string of the molecule is CC(C)CCCCCCNC(=NCC(=O)N(C)C)NCCCN1CCOCC1.I. The predicted molar refractivity (Wildman–Crippen MR) is 132 cm³/mol. The third kappa shape index (κ3) is 15.8. The molecule has 0 aromatic carbocycles. The molecule has 0 aromatic heterocycles. The maximum Gasteiger partial charge on any atom is 0.243 e. The quantitative estimate of drug-likeness (QED) is 0.168. The number of ether oxygens (including phenoxy) is 1. The van der Waals surface area contributed by atoms with Crippen molar-refractivity contribution in [3.8, 4) is 0 Å². The predicted octanol–water partition coefficient (Wildman–Crippen LogP) is 2.56. The van der Waals surface area contributed by atoms with Crippen molar-refractivity contribution in [2.75, 3.05) is 66.6 Å². The molecule has 1 fully saturated rings. The lowest BCUT2D eigenvalue weighted by Crippen LogP contribution is -2.41. The number of unbranched alkanes of at least 4 members (excludes halogenated alkanes) is 3. The zero-order valence-electron chi connectivity index (χ0n) is 19.0. The molecule has 2 N–H and O–H groups in total. The minimum absolute atomic E-state index is 0. The highest BCUT2D eigenvalue weighted by Gasteiger charge is 2.09. The number of aliphatic imine (C=N–C) groups is 1. The number of nitrogens with one attached hydrogen (secondary N) is 2. The summed E-state index contributed by atoms with van der Waals surface area (Å²) in [7, 11) is 3.52. The summed E-state index contributed by atoms with van der Waals surface area (Å²) < 4.78 is 5.39. The zero-order chi connectivity index (χ0) is 20.6. The molecule has 29 heavy (non-hydrogen) atoms. The zero-order valence-corrected chi connectivity index (χ0v) is 21.4. The summed E-state index contributed by atoms with van der Waals surface area (Å²) in [4.78, 5) is 20.3. The number of amides is 1. The smallest absolute Gasteiger partial charge is 0.243 e. The van der Waals surface area contributed by atoms with Gasteiger partial charge in [0.15, 0.2) is 5.96 Å². The summed E-state index contributed by atoms with van der Waals surface area (Å²) in [5, 5.41) is 6.77. The molecule has 1 saturated heterocycles. The number of rotatable bonds is 13. The van der Waals surface area contributed by atoms with Crippen LogP contribution in [-0.2, 0) is 9.53 Å². The highest BCUT2D eigenvalue weighted by atomic mass is 127. The second-order valence-corrected chi connectivity index (χ2v) is 8.21. The molecule has 0 spiro atoms. The van der Waals surface area contributed by atoms with E-state index in [9.17, 15) is 4.79 Å². The Hall–Kier alpha value is -0.610. The van der Waals surface area contributed by atoms with Crippen LogP contribution in [0.5, 0.6) is 0 Å². The van der Waals surface area contributed by atoms with Gasteiger partial charge in [-0.05, 0) is 25.3 Å². The number of carbonyl (C=O) groups is 1. The van der Waals surface area contributed by atoms with E-state index in [-0.39, 0.29) is 36.4 Å². The Morgan fingerprint density at radius 3 is 2.28 bits per heavy atom. The Kier molecular flexibility index (Phi) is 17.8. The van der Waals surface area contributed by atoms with Gasteiger partial charge in [0.1, 0.15) is 6.54 Å². The highest BCUT2D eigenvalue weighted by Crippen LogP contribution is 2.08. The van der Waals surface area contributed by atoms with Gasteiger partial charge in [0, 0.05) is 40.3 Å². The molecule has 1 aliphatic heterocycles. The van der Waals surface area contributed by atoms with Crippen molar-refractivity contribution in [3.05, 3.63) is 0 Å². The molecule has 1 heterocycles. The first kappa shape index (κ1) is 28.4. The fraction of sp³-hybridized carbons (Fsp3) is 0.905. The van der Waals surface area contributed by atoms with Crippen molar-refractivity contribution in [2.45, 2.75) is 52.4 Å². The summed E-state index contributed by atoms with van der Waals surface area (Å²) in [5.74, 6) is 1.57. The Labute approximate surface area is 195 Å². The standard InChI is InChI=1S/C21H43N5O2.HI/c1-19(2)10-7-5-6-8-11-22-21(24-18-20(27)25(3)4)23-12-9-13-26-14-16-28-17-15-26;/h19H,5-18H2,1-4H3,(H2,22,23,24);1H. The molecule has 0 bridgehead atoms. The molecule has 8 heteroatoms. The third-order valence-corrected chi connectivity index (χ3v) is 4.92. The van der Waals surface area contributed by atoms with Gasteiger partial charge in [0.25, 0.3) is 0 Å². The number of hydrogen-bond donors (Lipinski definition) is 2. The molecule has 1 aliphatic rings. The lowest BCUT2D eigenvalue weighted by atomic mass is 10.0. The fourth-order valence-electron chi connectivity index (χ4n) is 3.03. The number of halogens is 1. The minimum Gasteiger partial charge on any atom is -0.379 e. The van der Waals surface area contributed by atoms with Crippen LogP contribution in [0.15, 0.2) is 4.99 Å². The topological polar surface area (TPSA) is 69.2 Å². The molecular weight excluding hydrogens is 481 g/mol. The van der Waals surface area contributed by atoms with Crippen LogP contribution in [0.1, 0.15) is 52.4 Å². The van der Waals surface area contributed by atoms with Gasteiger partial charge in [-0.3, -0.25) is 9.69 Å². The summed E-state index contributed by atoms with van der Waals surface area (Å²) in [6, 6.07) is 0. The van der Waals surface area contributed by atoms with E-state index < -0.39 is 0 Å². The Morgan fingerprint density at radius 2 is 1.66 bits per heavy atom. The Balaban J connectivity index is 0.00000784. The average Bonchev–Trinajstić information content (AvgIpc) is 2.68. The molecule has 0 aliphatic carbocycles. The van der Waals surface area contributed by atoms with Gasteiger partial charge in [-0.15, -0.1) is 24.0 Å². The van der Waals surface area contributed by atoms with Crippen LogP contribution >= 0.6 is 24.0 Å². The van der Waals surface area contributed by atoms with Crippen LogP contribution in [-0.4, -0.2) is 88.2 Å². The normalized spacial score (nSPS) is 15.1. The van der Waals surface area contributed by atoms with Crippen LogP contribution in [0, 0.1) is 5.92 Å². The first-order chi connectivity index (χ1) is 13.5. The van der Waals surface area contributed by atoms with Crippen molar-refractivity contribution in [3.63, 3.8) is 0 Å². The van der Waals surface area contributed by atoms with Crippen LogP contribution in [0.2, 0.25) is 0 Å². The van der Waals surface area contributed by atoms with Crippen LogP contribution < -0.4 is 10.6 Å². The molecule has 0 unspecified atom stereocenters. The van der Waals surface area contributed by atoms with Gasteiger partial charge in [-0.25, -0.2) is 4.99 Å².